The van der Waals surface area contributed by atoms with Gasteiger partial charge >= 0.3 is 5.82 Å². The topological polar surface area (TPSA) is 88.6 Å². The maximum absolute atomic E-state index is 11.4. The Bertz CT molecular complexity index is 883. The van der Waals surface area contributed by atoms with Crippen LogP contribution in [0.3, 0.4) is 0 Å². The monoisotopic (exact) mass is 324 g/mol. The van der Waals surface area contributed by atoms with E-state index in [9.17, 15) is 10.1 Å². The van der Waals surface area contributed by atoms with Gasteiger partial charge in [-0.05, 0) is 36.0 Å². The summed E-state index contributed by atoms with van der Waals surface area (Å²) >= 11 is 0. The normalized spacial score (nSPS) is 14.2. The van der Waals surface area contributed by atoms with E-state index in [0.717, 1.165) is 18.9 Å². The summed E-state index contributed by atoms with van der Waals surface area (Å²) in [6.07, 6.45) is 5.69. The van der Waals surface area contributed by atoms with Crippen LogP contribution >= 0.6 is 0 Å². The summed E-state index contributed by atoms with van der Waals surface area (Å²) in [6.45, 7) is 2.05. The number of pyridine rings is 2. The molecular formula is C16H16N6O2. The lowest BCUT2D eigenvalue weighted by Gasteiger charge is -2.16. The number of fused-ring (bicyclic) bond motifs is 1. The molecule has 0 atom stereocenters. The third-order valence-electron chi connectivity index (χ3n) is 4.12. The molecule has 0 spiro atoms. The van der Waals surface area contributed by atoms with Crippen molar-refractivity contribution in [2.45, 2.75) is 12.8 Å². The van der Waals surface area contributed by atoms with E-state index in [1.54, 1.807) is 30.6 Å². The van der Waals surface area contributed by atoms with Crippen molar-refractivity contribution in [3.05, 3.63) is 52.8 Å². The quantitative estimate of drug-likeness (QED) is 0.586. The summed E-state index contributed by atoms with van der Waals surface area (Å²) in [4.78, 5) is 21.9. The second-order valence-electron chi connectivity index (χ2n) is 5.69. The Hall–Kier alpha value is -3.16. The van der Waals surface area contributed by atoms with E-state index in [-0.39, 0.29) is 11.6 Å². The molecule has 8 nitrogen and oxygen atoms in total. The van der Waals surface area contributed by atoms with Crippen LogP contribution < -0.4 is 10.2 Å². The standard InChI is InChI=1S/C16H16N6O2/c23-22(24)16-15(19-14-5-1-2-10-21(14)16)18-12-6-7-13(17-11-12)20-8-3-4-9-20/h1-2,5-7,10-11,18H,3-4,8-9H2. The molecule has 1 fully saturated rings. The number of nitro groups is 1. The summed E-state index contributed by atoms with van der Waals surface area (Å²) in [7, 11) is 0. The molecular weight excluding hydrogens is 308 g/mol. The number of hydrogen-bond acceptors (Lipinski definition) is 6. The lowest BCUT2D eigenvalue weighted by atomic mass is 10.4. The maximum Gasteiger partial charge on any atom is 0.372 e. The Labute approximate surface area is 137 Å². The predicted molar refractivity (Wildman–Crippen MR) is 90.8 cm³/mol. The van der Waals surface area contributed by atoms with Crippen LogP contribution in [-0.2, 0) is 0 Å². The van der Waals surface area contributed by atoms with Gasteiger partial charge in [-0.3, -0.25) is 0 Å². The van der Waals surface area contributed by atoms with E-state index in [0.29, 0.717) is 11.3 Å². The first-order valence-corrected chi connectivity index (χ1v) is 7.82. The van der Waals surface area contributed by atoms with Crippen LogP contribution in [-0.4, -0.2) is 32.4 Å². The van der Waals surface area contributed by atoms with E-state index < -0.39 is 4.92 Å². The van der Waals surface area contributed by atoms with Crippen LogP contribution in [0.25, 0.3) is 5.65 Å². The number of nitrogens with one attached hydrogen (secondary N) is 1. The average molecular weight is 324 g/mol. The second-order valence-corrected chi connectivity index (χ2v) is 5.69. The lowest BCUT2D eigenvalue weighted by Crippen LogP contribution is -2.18. The summed E-state index contributed by atoms with van der Waals surface area (Å²) < 4.78 is 1.45. The fourth-order valence-corrected chi connectivity index (χ4v) is 2.97. The number of nitrogens with zero attached hydrogens (tertiary/aromatic N) is 5. The van der Waals surface area contributed by atoms with Crippen LogP contribution in [0.15, 0.2) is 42.7 Å². The molecule has 1 aliphatic heterocycles. The molecule has 122 valence electrons. The zero-order chi connectivity index (χ0) is 16.5. The average Bonchev–Trinajstić information content (AvgIpc) is 3.22. The van der Waals surface area contributed by atoms with Crippen molar-refractivity contribution in [1.29, 1.82) is 0 Å². The molecule has 1 N–H and O–H groups in total. The first-order valence-electron chi connectivity index (χ1n) is 7.82. The van der Waals surface area contributed by atoms with Gasteiger partial charge in [-0.15, -0.1) is 0 Å². The smallest absolute Gasteiger partial charge is 0.358 e. The highest BCUT2D eigenvalue weighted by molar-refractivity contribution is 5.68. The number of anilines is 3. The van der Waals surface area contributed by atoms with Crippen LogP contribution in [0.4, 0.5) is 23.1 Å². The van der Waals surface area contributed by atoms with Gasteiger partial charge in [0.15, 0.2) is 0 Å². The van der Waals surface area contributed by atoms with Crippen molar-refractivity contribution in [3.63, 3.8) is 0 Å². The molecule has 0 bridgehead atoms. The van der Waals surface area contributed by atoms with Gasteiger partial charge in [0, 0.05) is 19.2 Å². The maximum atomic E-state index is 11.4. The Balaban J connectivity index is 1.64. The Morgan fingerprint density at radius 3 is 2.71 bits per heavy atom. The largest absolute Gasteiger partial charge is 0.372 e. The first-order chi connectivity index (χ1) is 11.7. The molecule has 8 heteroatoms. The second kappa shape index (κ2) is 5.80. The van der Waals surface area contributed by atoms with Crippen LogP contribution in [0.1, 0.15) is 12.8 Å². The van der Waals surface area contributed by atoms with E-state index in [4.69, 9.17) is 0 Å². The molecule has 1 aliphatic rings. The van der Waals surface area contributed by atoms with Crippen molar-refractivity contribution in [1.82, 2.24) is 14.4 Å². The number of rotatable bonds is 4. The van der Waals surface area contributed by atoms with Gasteiger partial charge in [-0.1, -0.05) is 6.07 Å². The highest BCUT2D eigenvalue weighted by Crippen LogP contribution is 2.28. The molecule has 0 unspecified atom stereocenters. The van der Waals surface area contributed by atoms with Crippen molar-refractivity contribution < 1.29 is 4.92 Å². The van der Waals surface area contributed by atoms with Gasteiger partial charge in [0.25, 0.3) is 0 Å². The lowest BCUT2D eigenvalue weighted by molar-refractivity contribution is -0.389. The summed E-state index contributed by atoms with van der Waals surface area (Å²) in [5.41, 5.74) is 1.19. The van der Waals surface area contributed by atoms with Crippen molar-refractivity contribution in [2.75, 3.05) is 23.3 Å². The van der Waals surface area contributed by atoms with Gasteiger partial charge in [-0.25, -0.2) is 4.98 Å². The Morgan fingerprint density at radius 1 is 1.17 bits per heavy atom. The highest BCUT2D eigenvalue weighted by Gasteiger charge is 2.22. The summed E-state index contributed by atoms with van der Waals surface area (Å²) in [6, 6.07) is 9.05. The van der Waals surface area contributed by atoms with E-state index in [1.807, 2.05) is 12.1 Å². The Morgan fingerprint density at radius 2 is 2.00 bits per heavy atom. The van der Waals surface area contributed by atoms with Gasteiger partial charge in [0.05, 0.1) is 18.1 Å². The minimum atomic E-state index is -0.436. The summed E-state index contributed by atoms with van der Waals surface area (Å²) in [5, 5.41) is 14.4. The molecule has 4 heterocycles. The number of aromatic nitrogens is 3. The zero-order valence-corrected chi connectivity index (χ0v) is 12.9. The molecule has 0 aliphatic carbocycles. The van der Waals surface area contributed by atoms with Crippen molar-refractivity contribution >= 4 is 28.8 Å². The van der Waals surface area contributed by atoms with Gasteiger partial charge < -0.3 is 20.3 Å². The molecule has 0 saturated carbocycles. The van der Waals surface area contributed by atoms with Crippen molar-refractivity contribution in [3.8, 4) is 0 Å². The van der Waals surface area contributed by atoms with Crippen LogP contribution in [0.5, 0.6) is 0 Å². The summed E-state index contributed by atoms with van der Waals surface area (Å²) in [5.74, 6) is 1.05. The van der Waals surface area contributed by atoms with Gasteiger partial charge in [0.1, 0.15) is 5.82 Å². The molecule has 0 aromatic carbocycles. The molecule has 0 radical (unpaired) electrons. The third kappa shape index (κ3) is 2.51. The number of imidazole rings is 1. The first kappa shape index (κ1) is 14.4. The van der Waals surface area contributed by atoms with Gasteiger partial charge in [0.2, 0.25) is 11.5 Å². The minimum Gasteiger partial charge on any atom is -0.358 e. The van der Waals surface area contributed by atoms with E-state index in [1.165, 1.54) is 17.2 Å². The minimum absolute atomic E-state index is 0.0887. The third-order valence-corrected chi connectivity index (χ3v) is 4.12. The highest BCUT2D eigenvalue weighted by atomic mass is 16.6. The van der Waals surface area contributed by atoms with Crippen molar-refractivity contribution in [2.24, 2.45) is 0 Å². The molecule has 0 amide bonds. The molecule has 3 aromatic heterocycles. The van der Waals surface area contributed by atoms with Crippen LogP contribution in [0.2, 0.25) is 0 Å². The molecule has 4 rings (SSSR count). The van der Waals surface area contributed by atoms with Crippen LogP contribution in [0, 0.1) is 10.1 Å². The fraction of sp³-hybridized carbons (Fsp3) is 0.250. The van der Waals surface area contributed by atoms with Gasteiger partial charge in [-0.2, -0.15) is 9.38 Å². The predicted octanol–water partition coefficient (Wildman–Crippen LogP) is 2.98. The van der Waals surface area contributed by atoms with E-state index in [2.05, 4.69) is 20.2 Å². The SMILES string of the molecule is O=[N+]([O-])c1c(Nc2ccc(N3CCCC3)nc2)nc2ccccn12. The molecule has 3 aromatic rings. The molecule has 24 heavy (non-hydrogen) atoms. The van der Waals surface area contributed by atoms with E-state index >= 15 is 0 Å². The molecule has 1 saturated heterocycles. The fourth-order valence-electron chi connectivity index (χ4n) is 2.97. The zero-order valence-electron chi connectivity index (χ0n) is 12.9. The Kier molecular flexibility index (Phi) is 3.49. The number of hydrogen-bond donors (Lipinski definition) is 1.